The summed E-state index contributed by atoms with van der Waals surface area (Å²) in [6.07, 6.45) is 3.37. The molecule has 0 aliphatic rings. The van der Waals surface area contributed by atoms with E-state index in [0.29, 0.717) is 11.4 Å². The van der Waals surface area contributed by atoms with E-state index in [9.17, 15) is 10.2 Å². The van der Waals surface area contributed by atoms with E-state index in [0.717, 1.165) is 0 Å². The van der Waals surface area contributed by atoms with Crippen LogP contribution in [0.25, 0.3) is 0 Å². The van der Waals surface area contributed by atoms with E-state index < -0.39 is 11.2 Å². The molecule has 0 saturated heterocycles. The molecule has 0 saturated carbocycles. The van der Waals surface area contributed by atoms with Gasteiger partial charge >= 0.3 is 0 Å². The lowest BCUT2D eigenvalue weighted by molar-refractivity contribution is -0.0568. The van der Waals surface area contributed by atoms with E-state index in [1.165, 1.54) is 0 Å². The van der Waals surface area contributed by atoms with Gasteiger partial charge in [-0.25, -0.2) is 0 Å². The summed E-state index contributed by atoms with van der Waals surface area (Å²) in [5.41, 5.74) is -1.37. The van der Waals surface area contributed by atoms with E-state index in [1.54, 1.807) is 50.5 Å². The van der Waals surface area contributed by atoms with Crippen LogP contribution in [0.2, 0.25) is 0 Å². The lowest BCUT2D eigenvalue weighted by Crippen LogP contribution is -2.35. The van der Waals surface area contributed by atoms with Gasteiger partial charge in [0, 0.05) is 18.8 Å². The van der Waals surface area contributed by atoms with Crippen molar-refractivity contribution in [3.05, 3.63) is 60.2 Å². The molecule has 0 spiro atoms. The highest BCUT2D eigenvalue weighted by Gasteiger charge is 2.36. The molecule has 0 radical (unpaired) electrons. The van der Waals surface area contributed by atoms with Gasteiger partial charge in [-0.2, -0.15) is 0 Å². The molecule has 0 aromatic carbocycles. The molecule has 5 heteroatoms. The van der Waals surface area contributed by atoms with Crippen LogP contribution in [-0.2, 0) is 11.2 Å². The Labute approximate surface area is 118 Å². The monoisotopic (exact) mass is 276 g/mol. The molecule has 4 N–H and O–H groups in total. The first-order valence-electron chi connectivity index (χ1n) is 6.20. The van der Waals surface area contributed by atoms with Crippen molar-refractivity contribution in [1.82, 2.24) is 9.97 Å². The quantitative estimate of drug-likeness (QED) is 0.875. The van der Waals surface area contributed by atoms with Gasteiger partial charge in [-0.3, -0.25) is 9.97 Å². The predicted octanol–water partition coefficient (Wildman–Crippen LogP) is 1.16. The van der Waals surface area contributed by atoms with Crippen molar-refractivity contribution in [2.75, 3.05) is 0 Å². The fourth-order valence-electron chi connectivity index (χ4n) is 2.21. The van der Waals surface area contributed by atoms with Crippen LogP contribution in [0.4, 0.5) is 0 Å². The van der Waals surface area contributed by atoms with E-state index in [1.807, 2.05) is 12.1 Å². The largest absolute Gasteiger partial charge is 0.412 e. The zero-order valence-corrected chi connectivity index (χ0v) is 11.6. The second kappa shape index (κ2) is 6.09. The molecule has 0 unspecified atom stereocenters. The predicted molar refractivity (Wildman–Crippen MR) is 75.8 cm³/mol. The third-order valence-electron chi connectivity index (χ3n) is 3.12. The molecule has 108 valence electrons. The third-order valence-corrected chi connectivity index (χ3v) is 3.12. The average molecular weight is 276 g/mol. The number of nitrogens with zero attached hydrogens (tertiary/aromatic N) is 2. The lowest BCUT2D eigenvalue weighted by Gasteiger charge is -2.31. The van der Waals surface area contributed by atoms with E-state index in [4.69, 9.17) is 0 Å². The van der Waals surface area contributed by atoms with E-state index in [2.05, 4.69) is 9.97 Å². The second-order valence-electron chi connectivity index (χ2n) is 5.15. The molecule has 2 heterocycles. The zero-order chi connectivity index (χ0) is 13.9. The van der Waals surface area contributed by atoms with Crippen LogP contribution in [-0.4, -0.2) is 25.7 Å². The zero-order valence-electron chi connectivity index (χ0n) is 11.6. The van der Waals surface area contributed by atoms with Crippen LogP contribution in [0.1, 0.15) is 31.7 Å². The number of aliphatic hydroxyl groups is 2. The third kappa shape index (κ3) is 3.60. The van der Waals surface area contributed by atoms with E-state index >= 15 is 0 Å². The molecule has 2 aromatic rings. The van der Waals surface area contributed by atoms with Crippen LogP contribution in [0, 0.1) is 0 Å². The van der Waals surface area contributed by atoms with Gasteiger partial charge in [0.1, 0.15) is 11.2 Å². The minimum Gasteiger partial charge on any atom is -0.412 e. The Morgan fingerprint density at radius 1 is 0.850 bits per heavy atom. The standard InChI is InChI=1S/C15H18N2O2.H2O/c1-14(18,12-7-3-5-9-16-12)11-15(2,19)13-8-4-6-10-17-13;/h3-10,18-19H,11H2,1-2H3;1H2/t14-,15-;/m1./s1. The average Bonchev–Trinajstić information content (AvgIpc) is 2.40. The van der Waals surface area contributed by atoms with Crippen molar-refractivity contribution in [2.24, 2.45) is 0 Å². The Bertz CT molecular complexity index is 478. The summed E-state index contributed by atoms with van der Waals surface area (Å²) < 4.78 is 0. The van der Waals surface area contributed by atoms with Gasteiger partial charge in [-0.05, 0) is 38.1 Å². The molecule has 0 fully saturated rings. The van der Waals surface area contributed by atoms with Crippen molar-refractivity contribution in [3.8, 4) is 0 Å². The Morgan fingerprint density at radius 3 is 1.55 bits per heavy atom. The smallest absolute Gasteiger partial charge is 0.107 e. The molecule has 0 aliphatic heterocycles. The first-order valence-corrected chi connectivity index (χ1v) is 6.20. The molecular weight excluding hydrogens is 256 g/mol. The van der Waals surface area contributed by atoms with Gasteiger partial charge in [0.25, 0.3) is 0 Å². The normalized spacial score (nSPS) is 16.6. The maximum Gasteiger partial charge on any atom is 0.107 e. The molecule has 0 bridgehead atoms. The number of hydrogen-bond donors (Lipinski definition) is 2. The summed E-state index contributed by atoms with van der Waals surface area (Å²) in [4.78, 5) is 8.29. The summed E-state index contributed by atoms with van der Waals surface area (Å²) in [5, 5.41) is 21.1. The summed E-state index contributed by atoms with van der Waals surface area (Å²) in [6.45, 7) is 3.29. The van der Waals surface area contributed by atoms with Gasteiger partial charge in [-0.1, -0.05) is 12.1 Å². The molecule has 2 aromatic heterocycles. The molecular formula is C15H20N2O3. The summed E-state index contributed by atoms with van der Waals surface area (Å²) >= 11 is 0. The van der Waals surface area contributed by atoms with Crippen LogP contribution in [0.5, 0.6) is 0 Å². The first-order chi connectivity index (χ1) is 8.92. The molecule has 0 aliphatic carbocycles. The van der Waals surface area contributed by atoms with Crippen LogP contribution >= 0.6 is 0 Å². The number of rotatable bonds is 4. The summed E-state index contributed by atoms with van der Waals surface area (Å²) in [5.74, 6) is 0. The Hall–Kier alpha value is -1.82. The molecule has 2 rings (SSSR count). The van der Waals surface area contributed by atoms with Gasteiger partial charge < -0.3 is 15.7 Å². The van der Waals surface area contributed by atoms with Crippen LogP contribution < -0.4 is 0 Å². The van der Waals surface area contributed by atoms with Gasteiger partial charge in [0.2, 0.25) is 0 Å². The van der Waals surface area contributed by atoms with Gasteiger partial charge in [0.05, 0.1) is 11.4 Å². The molecule has 2 atom stereocenters. The van der Waals surface area contributed by atoms with Crippen LogP contribution in [0.15, 0.2) is 48.8 Å². The van der Waals surface area contributed by atoms with Gasteiger partial charge in [-0.15, -0.1) is 0 Å². The molecule has 5 nitrogen and oxygen atoms in total. The fraction of sp³-hybridized carbons (Fsp3) is 0.333. The topological polar surface area (TPSA) is 97.7 Å². The number of hydrogen-bond acceptors (Lipinski definition) is 4. The molecule has 0 amide bonds. The number of aromatic nitrogens is 2. The number of pyridine rings is 2. The Morgan fingerprint density at radius 2 is 1.25 bits per heavy atom. The van der Waals surface area contributed by atoms with Gasteiger partial charge in [0.15, 0.2) is 0 Å². The maximum atomic E-state index is 10.5. The second-order valence-corrected chi connectivity index (χ2v) is 5.15. The highest BCUT2D eigenvalue weighted by atomic mass is 16.3. The van der Waals surface area contributed by atoms with Crippen molar-refractivity contribution in [1.29, 1.82) is 0 Å². The SMILES string of the molecule is C[C@@](O)(C[C@@](C)(O)c1ccccn1)c1ccccn1.O. The minimum absolute atomic E-state index is 0. The van der Waals surface area contributed by atoms with Crippen molar-refractivity contribution in [3.63, 3.8) is 0 Å². The minimum atomic E-state index is -1.22. The fourth-order valence-corrected chi connectivity index (χ4v) is 2.21. The Kier molecular flexibility index (Phi) is 4.94. The van der Waals surface area contributed by atoms with E-state index in [-0.39, 0.29) is 11.9 Å². The van der Waals surface area contributed by atoms with Crippen molar-refractivity contribution >= 4 is 0 Å². The first kappa shape index (κ1) is 16.2. The van der Waals surface area contributed by atoms with Crippen LogP contribution in [0.3, 0.4) is 0 Å². The maximum absolute atomic E-state index is 10.5. The van der Waals surface area contributed by atoms with Crippen molar-refractivity contribution < 1.29 is 15.7 Å². The Balaban J connectivity index is 0.00000200. The van der Waals surface area contributed by atoms with Crippen molar-refractivity contribution in [2.45, 2.75) is 31.5 Å². The highest BCUT2D eigenvalue weighted by Crippen LogP contribution is 2.33. The lowest BCUT2D eigenvalue weighted by atomic mass is 9.84. The highest BCUT2D eigenvalue weighted by molar-refractivity contribution is 5.17. The summed E-state index contributed by atoms with van der Waals surface area (Å²) in [7, 11) is 0. The molecule has 20 heavy (non-hydrogen) atoms. The summed E-state index contributed by atoms with van der Waals surface area (Å²) in [6, 6.07) is 10.7.